The van der Waals surface area contributed by atoms with Gasteiger partial charge in [0, 0.05) is 22.4 Å². The van der Waals surface area contributed by atoms with Crippen LogP contribution in [0.5, 0.6) is 5.75 Å². The smallest absolute Gasteiger partial charge is 0.340 e. The van der Waals surface area contributed by atoms with Gasteiger partial charge in [0.25, 0.3) is 0 Å². The highest BCUT2D eigenvalue weighted by atomic mass is 79.9. The first-order chi connectivity index (χ1) is 9.63. The Morgan fingerprint density at radius 1 is 1.25 bits per heavy atom. The molecule has 20 heavy (non-hydrogen) atoms. The zero-order valence-electron chi connectivity index (χ0n) is 10.8. The lowest BCUT2D eigenvalue weighted by molar-refractivity contribution is 0.0478. The second-order valence-corrected chi connectivity index (χ2v) is 5.25. The molecular formula is C15H12BrNO3. The number of methoxy groups -OCH3 is 1. The molecule has 0 atom stereocenters. The topological polar surface area (TPSA) is 61.5 Å². The molecule has 0 spiro atoms. The van der Waals surface area contributed by atoms with E-state index in [1.807, 2.05) is 24.3 Å². The van der Waals surface area contributed by atoms with E-state index in [0.29, 0.717) is 21.5 Å². The van der Waals surface area contributed by atoms with E-state index >= 15 is 0 Å². The Hall–Kier alpha value is -2.01. The number of esters is 1. The van der Waals surface area contributed by atoms with Crippen LogP contribution < -0.4 is 10.5 Å². The van der Waals surface area contributed by atoms with Crippen LogP contribution in [0.3, 0.4) is 0 Å². The zero-order chi connectivity index (χ0) is 14.3. The van der Waals surface area contributed by atoms with Crippen LogP contribution in [0.4, 0.5) is 5.69 Å². The molecule has 4 nitrogen and oxygen atoms in total. The minimum Gasteiger partial charge on any atom is -0.496 e. The van der Waals surface area contributed by atoms with Gasteiger partial charge in [0.1, 0.15) is 12.4 Å². The summed E-state index contributed by atoms with van der Waals surface area (Å²) in [7, 11) is 1.61. The molecule has 0 unspecified atom stereocenters. The fraction of sp³-hybridized carbons (Fsp3) is 0.133. The quantitative estimate of drug-likeness (QED) is 0.642. The summed E-state index contributed by atoms with van der Waals surface area (Å²) < 4.78 is 11.3. The van der Waals surface area contributed by atoms with Gasteiger partial charge in [-0.1, -0.05) is 18.2 Å². The van der Waals surface area contributed by atoms with Gasteiger partial charge in [-0.05, 0) is 28.1 Å². The summed E-state index contributed by atoms with van der Waals surface area (Å²) in [6.45, 7) is 0.215. The maximum Gasteiger partial charge on any atom is 0.340 e. The Balaban J connectivity index is 2.39. The van der Waals surface area contributed by atoms with Crippen LogP contribution in [-0.2, 0) is 11.3 Å². The Labute approximate surface area is 124 Å². The lowest BCUT2D eigenvalue weighted by atomic mass is 9.95. The standard InChI is InChI=1S/C15H12BrNO3/c1-19-11-4-2-3-8-7-20-15(18)13-9(12(8)11)5-6-10(17)14(13)16/h2-6H,7,17H2,1H3. The van der Waals surface area contributed by atoms with Crippen molar-refractivity contribution in [3.63, 3.8) is 0 Å². The minimum absolute atomic E-state index is 0.215. The summed E-state index contributed by atoms with van der Waals surface area (Å²) in [5.74, 6) is 0.316. The average Bonchev–Trinajstić information content (AvgIpc) is 2.60. The van der Waals surface area contributed by atoms with Crippen LogP contribution in [0.1, 0.15) is 15.9 Å². The number of rotatable bonds is 1. The molecule has 2 aromatic carbocycles. The molecule has 0 fully saturated rings. The number of nitrogens with two attached hydrogens (primary N) is 1. The van der Waals surface area contributed by atoms with E-state index in [-0.39, 0.29) is 6.61 Å². The van der Waals surface area contributed by atoms with Crippen molar-refractivity contribution >= 4 is 27.6 Å². The molecule has 2 N–H and O–H groups in total. The Bertz CT molecular complexity index is 713. The second-order valence-electron chi connectivity index (χ2n) is 4.46. The normalized spacial score (nSPS) is 13.0. The summed E-state index contributed by atoms with van der Waals surface area (Å²) in [6.07, 6.45) is 0. The van der Waals surface area contributed by atoms with E-state index in [1.165, 1.54) is 0 Å². The first-order valence-corrected chi connectivity index (χ1v) is 6.84. The van der Waals surface area contributed by atoms with Crippen molar-refractivity contribution in [3.05, 3.63) is 45.9 Å². The van der Waals surface area contributed by atoms with Crippen molar-refractivity contribution in [1.82, 2.24) is 0 Å². The van der Waals surface area contributed by atoms with Gasteiger partial charge in [-0.3, -0.25) is 0 Å². The van der Waals surface area contributed by atoms with Crippen molar-refractivity contribution in [2.45, 2.75) is 6.61 Å². The number of ether oxygens (including phenoxy) is 2. The number of hydrogen-bond donors (Lipinski definition) is 1. The summed E-state index contributed by atoms with van der Waals surface area (Å²) >= 11 is 3.37. The zero-order valence-corrected chi connectivity index (χ0v) is 12.4. The first-order valence-electron chi connectivity index (χ1n) is 6.05. The van der Waals surface area contributed by atoms with Gasteiger partial charge >= 0.3 is 5.97 Å². The largest absolute Gasteiger partial charge is 0.496 e. The van der Waals surface area contributed by atoms with Crippen molar-refractivity contribution in [3.8, 4) is 16.9 Å². The number of fused-ring (bicyclic) bond motifs is 3. The molecule has 0 amide bonds. The molecular weight excluding hydrogens is 322 g/mol. The summed E-state index contributed by atoms with van der Waals surface area (Å²) in [5, 5.41) is 0. The number of nitrogen functional groups attached to an aromatic ring is 1. The maximum atomic E-state index is 12.2. The molecule has 102 valence electrons. The van der Waals surface area contributed by atoms with Crippen molar-refractivity contribution in [2.75, 3.05) is 12.8 Å². The monoisotopic (exact) mass is 333 g/mol. The predicted molar refractivity (Wildman–Crippen MR) is 79.7 cm³/mol. The number of carbonyl (C=O) groups is 1. The summed E-state index contributed by atoms with van der Waals surface area (Å²) in [5.41, 5.74) is 9.35. The number of hydrogen-bond acceptors (Lipinski definition) is 4. The van der Waals surface area contributed by atoms with Crippen LogP contribution in [0.15, 0.2) is 34.8 Å². The van der Waals surface area contributed by atoms with E-state index in [4.69, 9.17) is 15.2 Å². The van der Waals surface area contributed by atoms with Crippen molar-refractivity contribution < 1.29 is 14.3 Å². The van der Waals surface area contributed by atoms with Gasteiger partial charge in [-0.15, -0.1) is 0 Å². The fourth-order valence-corrected chi connectivity index (χ4v) is 2.90. The molecule has 1 aliphatic rings. The lowest BCUT2D eigenvalue weighted by Gasteiger charge is -2.13. The fourth-order valence-electron chi connectivity index (χ4n) is 2.39. The molecule has 1 aliphatic heterocycles. The van der Waals surface area contributed by atoms with E-state index in [1.54, 1.807) is 13.2 Å². The van der Waals surface area contributed by atoms with Crippen molar-refractivity contribution in [2.24, 2.45) is 0 Å². The molecule has 2 aromatic rings. The number of benzene rings is 2. The number of halogens is 1. The molecule has 0 radical (unpaired) electrons. The van der Waals surface area contributed by atoms with Crippen LogP contribution in [0.2, 0.25) is 0 Å². The highest BCUT2D eigenvalue weighted by molar-refractivity contribution is 9.10. The third-order valence-corrected chi connectivity index (χ3v) is 4.19. The van der Waals surface area contributed by atoms with Crippen LogP contribution in [-0.4, -0.2) is 13.1 Å². The highest BCUT2D eigenvalue weighted by Gasteiger charge is 2.27. The van der Waals surface area contributed by atoms with Gasteiger partial charge < -0.3 is 15.2 Å². The van der Waals surface area contributed by atoms with Gasteiger partial charge in [0.15, 0.2) is 0 Å². The third kappa shape index (κ3) is 1.86. The second kappa shape index (κ2) is 4.83. The lowest BCUT2D eigenvalue weighted by Crippen LogP contribution is -2.05. The number of anilines is 1. The van der Waals surface area contributed by atoms with E-state index in [2.05, 4.69) is 15.9 Å². The van der Waals surface area contributed by atoms with Gasteiger partial charge in [-0.2, -0.15) is 0 Å². The van der Waals surface area contributed by atoms with Crippen molar-refractivity contribution in [1.29, 1.82) is 0 Å². The van der Waals surface area contributed by atoms with E-state index in [9.17, 15) is 4.79 Å². The minimum atomic E-state index is -0.391. The Morgan fingerprint density at radius 3 is 2.80 bits per heavy atom. The molecule has 3 rings (SSSR count). The first kappa shape index (κ1) is 13.0. The van der Waals surface area contributed by atoms with E-state index < -0.39 is 5.97 Å². The molecule has 0 aromatic heterocycles. The summed E-state index contributed by atoms with van der Waals surface area (Å²) in [6, 6.07) is 9.25. The highest BCUT2D eigenvalue weighted by Crippen LogP contribution is 2.42. The van der Waals surface area contributed by atoms with Gasteiger partial charge in [0.2, 0.25) is 0 Å². The number of carbonyl (C=O) groups excluding carboxylic acids is 1. The number of cyclic esters (lactones) is 1. The Kier molecular flexibility index (Phi) is 3.14. The molecule has 0 saturated heterocycles. The molecule has 5 heteroatoms. The van der Waals surface area contributed by atoms with E-state index in [0.717, 1.165) is 16.7 Å². The average molecular weight is 334 g/mol. The predicted octanol–water partition coefficient (Wildman–Crippen LogP) is 3.38. The third-order valence-electron chi connectivity index (χ3n) is 3.34. The molecule has 1 heterocycles. The molecule has 0 saturated carbocycles. The SMILES string of the molecule is COc1cccc2c1-c1ccc(N)c(Br)c1C(=O)OC2. The van der Waals surface area contributed by atoms with Gasteiger partial charge in [0.05, 0.1) is 17.1 Å². The van der Waals surface area contributed by atoms with Crippen LogP contribution in [0, 0.1) is 0 Å². The maximum absolute atomic E-state index is 12.2. The van der Waals surface area contributed by atoms with Crippen LogP contribution >= 0.6 is 15.9 Å². The summed E-state index contributed by atoms with van der Waals surface area (Å²) in [4.78, 5) is 12.2. The Morgan fingerprint density at radius 2 is 2.05 bits per heavy atom. The van der Waals surface area contributed by atoms with Crippen LogP contribution in [0.25, 0.3) is 11.1 Å². The molecule has 0 aliphatic carbocycles. The van der Waals surface area contributed by atoms with Gasteiger partial charge in [-0.25, -0.2) is 4.79 Å². The molecule has 0 bridgehead atoms.